The number of phenolic OH excluding ortho intramolecular Hbond substituents is 1. The molecule has 3 rings (SSSR count). The van der Waals surface area contributed by atoms with Gasteiger partial charge in [0.05, 0.1) is 4.90 Å². The van der Waals surface area contributed by atoms with Gasteiger partial charge in [-0.05, 0) is 36.4 Å². The van der Waals surface area contributed by atoms with Crippen molar-refractivity contribution >= 4 is 15.4 Å². The second-order valence-corrected chi connectivity index (χ2v) is 6.35. The lowest BCUT2D eigenvalue weighted by molar-refractivity contribution is 0.368. The minimum absolute atomic E-state index is 0.0323. The lowest BCUT2D eigenvalue weighted by Gasteiger charge is -2.09. The fourth-order valence-corrected chi connectivity index (χ4v) is 3.66. The topological polar surface area (TPSA) is 63.6 Å². The van der Waals surface area contributed by atoms with Gasteiger partial charge in [-0.2, -0.15) is 0 Å². The molecular formula is C15H11FO4S. The van der Waals surface area contributed by atoms with Crippen molar-refractivity contribution in [1.82, 2.24) is 0 Å². The molecule has 0 saturated carbocycles. The maximum absolute atomic E-state index is 12.8. The molecule has 0 saturated heterocycles. The van der Waals surface area contributed by atoms with E-state index in [4.69, 9.17) is 4.74 Å². The van der Waals surface area contributed by atoms with E-state index in [1.165, 1.54) is 42.5 Å². The van der Waals surface area contributed by atoms with Crippen LogP contribution in [0.3, 0.4) is 0 Å². The largest absolute Gasteiger partial charge is 0.507 e. The number of fused-ring (bicyclic) bond motifs is 1. The fraction of sp³-hybridized carbons (Fsp3) is 0.0667. The van der Waals surface area contributed by atoms with E-state index in [-0.39, 0.29) is 28.6 Å². The molecule has 0 bridgehead atoms. The molecule has 6 heteroatoms. The Morgan fingerprint density at radius 2 is 1.81 bits per heavy atom. The van der Waals surface area contributed by atoms with Gasteiger partial charge in [0.25, 0.3) is 0 Å². The van der Waals surface area contributed by atoms with Crippen LogP contribution in [0.4, 0.5) is 4.39 Å². The summed E-state index contributed by atoms with van der Waals surface area (Å²) in [5.41, 5.74) is 0.632. The van der Waals surface area contributed by atoms with Crippen molar-refractivity contribution in [1.29, 1.82) is 0 Å². The van der Waals surface area contributed by atoms with Crippen LogP contribution in [0.1, 0.15) is 5.56 Å². The number of phenols is 1. The molecule has 0 radical (unpaired) electrons. The quantitative estimate of drug-likeness (QED) is 0.947. The summed E-state index contributed by atoms with van der Waals surface area (Å²) in [6, 6.07) is 9.73. The van der Waals surface area contributed by atoms with Crippen molar-refractivity contribution in [2.75, 3.05) is 6.61 Å². The molecule has 2 aromatic rings. The Kier molecular flexibility index (Phi) is 3.17. The molecule has 21 heavy (non-hydrogen) atoms. The van der Waals surface area contributed by atoms with Gasteiger partial charge >= 0.3 is 0 Å². The van der Waals surface area contributed by atoms with Gasteiger partial charge in [-0.1, -0.05) is 6.07 Å². The summed E-state index contributed by atoms with van der Waals surface area (Å²) >= 11 is 0. The number of ether oxygens (including phenoxy) is 1. The highest BCUT2D eigenvalue weighted by Crippen LogP contribution is 2.39. The number of sulfone groups is 1. The van der Waals surface area contributed by atoms with Gasteiger partial charge < -0.3 is 9.84 Å². The summed E-state index contributed by atoms with van der Waals surface area (Å²) in [7, 11) is -3.55. The highest BCUT2D eigenvalue weighted by Gasteiger charge is 2.29. The minimum atomic E-state index is -3.55. The summed E-state index contributed by atoms with van der Waals surface area (Å²) in [5, 5.41) is 10.9. The lowest BCUT2D eigenvalue weighted by Crippen LogP contribution is -2.00. The molecule has 0 amide bonds. The zero-order valence-electron chi connectivity index (χ0n) is 10.8. The third-order valence-electron chi connectivity index (χ3n) is 3.14. The normalized spacial score (nSPS) is 15.4. The van der Waals surface area contributed by atoms with Crippen molar-refractivity contribution in [3.8, 4) is 11.5 Å². The Labute approximate surface area is 121 Å². The molecule has 0 spiro atoms. The maximum atomic E-state index is 12.8. The van der Waals surface area contributed by atoms with Crippen LogP contribution in [0.25, 0.3) is 5.57 Å². The van der Waals surface area contributed by atoms with Crippen molar-refractivity contribution in [3.05, 3.63) is 59.3 Å². The third-order valence-corrected chi connectivity index (χ3v) is 4.69. The molecule has 0 aliphatic carbocycles. The Morgan fingerprint density at radius 1 is 1.10 bits per heavy atom. The molecule has 1 heterocycles. The SMILES string of the molecule is O=S1(=O)C=C(COc2ccc(F)cc2)c2c(O)cccc21. The molecule has 0 unspecified atom stereocenters. The maximum Gasteiger partial charge on any atom is 0.200 e. The zero-order valence-corrected chi connectivity index (χ0v) is 11.6. The summed E-state index contributed by atoms with van der Waals surface area (Å²) in [5.74, 6) is -0.0749. The van der Waals surface area contributed by atoms with Gasteiger partial charge in [0.15, 0.2) is 0 Å². The average Bonchev–Trinajstić information content (AvgIpc) is 2.71. The molecule has 0 aromatic heterocycles. The average molecular weight is 306 g/mol. The first-order chi connectivity index (χ1) is 9.97. The fourth-order valence-electron chi connectivity index (χ4n) is 2.19. The van der Waals surface area contributed by atoms with Gasteiger partial charge in [0.1, 0.15) is 23.9 Å². The first-order valence-electron chi connectivity index (χ1n) is 6.14. The summed E-state index contributed by atoms with van der Waals surface area (Å²) in [4.78, 5) is 0.0696. The Morgan fingerprint density at radius 3 is 2.52 bits per heavy atom. The van der Waals surface area contributed by atoms with E-state index < -0.39 is 9.84 Å². The van der Waals surface area contributed by atoms with Gasteiger partial charge in [-0.3, -0.25) is 0 Å². The number of rotatable bonds is 3. The zero-order chi connectivity index (χ0) is 15.0. The van der Waals surface area contributed by atoms with Gasteiger partial charge in [-0.15, -0.1) is 0 Å². The van der Waals surface area contributed by atoms with Crippen LogP contribution in [0.2, 0.25) is 0 Å². The highest BCUT2D eigenvalue weighted by molar-refractivity contribution is 7.95. The van der Waals surface area contributed by atoms with E-state index in [0.29, 0.717) is 11.3 Å². The van der Waals surface area contributed by atoms with Crippen molar-refractivity contribution < 1.29 is 22.7 Å². The minimum Gasteiger partial charge on any atom is -0.507 e. The number of hydrogen-bond donors (Lipinski definition) is 1. The molecule has 108 valence electrons. The molecule has 4 nitrogen and oxygen atoms in total. The number of benzene rings is 2. The van der Waals surface area contributed by atoms with E-state index in [9.17, 15) is 17.9 Å². The smallest absolute Gasteiger partial charge is 0.200 e. The molecular weight excluding hydrogens is 295 g/mol. The van der Waals surface area contributed by atoms with Crippen LogP contribution >= 0.6 is 0 Å². The molecule has 1 aliphatic heterocycles. The van der Waals surface area contributed by atoms with Gasteiger partial charge in [-0.25, -0.2) is 12.8 Å². The van der Waals surface area contributed by atoms with E-state index in [1.54, 1.807) is 0 Å². The van der Waals surface area contributed by atoms with Crippen LogP contribution < -0.4 is 4.74 Å². The number of hydrogen-bond acceptors (Lipinski definition) is 4. The lowest BCUT2D eigenvalue weighted by atomic mass is 10.1. The molecule has 0 fully saturated rings. The Balaban J connectivity index is 1.89. The molecule has 1 aliphatic rings. The predicted octanol–water partition coefficient (Wildman–Crippen LogP) is 2.74. The Bertz CT molecular complexity index is 823. The summed E-state index contributed by atoms with van der Waals surface area (Å²) in [6.07, 6.45) is 0. The van der Waals surface area contributed by atoms with Crippen molar-refractivity contribution in [3.63, 3.8) is 0 Å². The van der Waals surface area contributed by atoms with Crippen LogP contribution in [0.15, 0.2) is 52.8 Å². The second-order valence-electron chi connectivity index (χ2n) is 4.58. The number of aromatic hydroxyl groups is 1. The second kappa shape index (κ2) is 4.89. The van der Waals surface area contributed by atoms with Crippen LogP contribution in [0.5, 0.6) is 11.5 Å². The van der Waals surface area contributed by atoms with E-state index in [2.05, 4.69) is 0 Å². The molecule has 0 atom stereocenters. The summed E-state index contributed by atoms with van der Waals surface area (Å²) in [6.45, 7) is -0.0323. The third kappa shape index (κ3) is 2.50. The first kappa shape index (κ1) is 13.6. The van der Waals surface area contributed by atoms with Gasteiger partial charge in [0.2, 0.25) is 9.84 Å². The van der Waals surface area contributed by atoms with E-state index in [0.717, 1.165) is 5.41 Å². The van der Waals surface area contributed by atoms with Crippen molar-refractivity contribution in [2.45, 2.75) is 4.90 Å². The van der Waals surface area contributed by atoms with Crippen LogP contribution in [0, 0.1) is 5.82 Å². The molecule has 2 aromatic carbocycles. The van der Waals surface area contributed by atoms with E-state index >= 15 is 0 Å². The van der Waals surface area contributed by atoms with Crippen LogP contribution in [-0.4, -0.2) is 20.1 Å². The van der Waals surface area contributed by atoms with Crippen molar-refractivity contribution in [2.24, 2.45) is 0 Å². The monoisotopic (exact) mass is 306 g/mol. The van der Waals surface area contributed by atoms with Crippen LogP contribution in [-0.2, 0) is 9.84 Å². The first-order valence-corrected chi connectivity index (χ1v) is 7.68. The van der Waals surface area contributed by atoms with Gasteiger partial charge in [0, 0.05) is 16.5 Å². The Hall–Kier alpha value is -2.34. The highest BCUT2D eigenvalue weighted by atomic mass is 32.2. The summed E-state index contributed by atoms with van der Waals surface area (Å²) < 4.78 is 42.2. The number of halogens is 1. The predicted molar refractivity (Wildman–Crippen MR) is 75.2 cm³/mol. The standard InChI is InChI=1S/C15H11FO4S/c16-11-4-6-12(7-5-11)20-8-10-9-21(18,19)14-3-1-2-13(17)15(10)14/h1-7,9,17H,8H2. The molecule has 1 N–H and O–H groups in total. The van der Waals surface area contributed by atoms with E-state index in [1.807, 2.05) is 0 Å².